The second-order valence-corrected chi connectivity index (χ2v) is 13.8. The molecule has 1 aromatic heterocycles. The van der Waals surface area contributed by atoms with Crippen LogP contribution in [0.3, 0.4) is 0 Å². The number of aromatic nitrogens is 1. The summed E-state index contributed by atoms with van der Waals surface area (Å²) in [6.07, 6.45) is 8.43. The first-order chi connectivity index (χ1) is 21.3. The fourth-order valence-electron chi connectivity index (χ4n) is 7.05. The lowest BCUT2D eigenvalue weighted by molar-refractivity contribution is -0.131. The van der Waals surface area contributed by atoms with Crippen molar-refractivity contribution in [3.63, 3.8) is 0 Å². The van der Waals surface area contributed by atoms with Gasteiger partial charge in [0, 0.05) is 53.8 Å². The van der Waals surface area contributed by atoms with Crippen molar-refractivity contribution >= 4 is 39.0 Å². The Morgan fingerprint density at radius 1 is 0.955 bits per heavy atom. The number of morpholine rings is 1. The highest BCUT2D eigenvalue weighted by atomic mass is 32.2. The Bertz CT molecular complexity index is 1760. The van der Waals surface area contributed by atoms with Gasteiger partial charge < -0.3 is 18.9 Å². The van der Waals surface area contributed by atoms with E-state index in [2.05, 4.69) is 15.4 Å². The number of nitrogens with one attached hydrogen (secondary N) is 1. The molecule has 7 rings (SSSR count). The number of methoxy groups -OCH3 is 1. The van der Waals surface area contributed by atoms with Crippen molar-refractivity contribution in [3.05, 3.63) is 58.7 Å². The summed E-state index contributed by atoms with van der Waals surface area (Å²) >= 11 is 0. The molecule has 4 aliphatic rings. The van der Waals surface area contributed by atoms with Gasteiger partial charge in [-0.2, -0.15) is 12.7 Å². The monoisotopic (exact) mass is 618 g/mol. The zero-order valence-corrected chi connectivity index (χ0v) is 25.8. The summed E-state index contributed by atoms with van der Waals surface area (Å²) in [4.78, 5) is 29.1. The van der Waals surface area contributed by atoms with Crippen LogP contribution in [0, 0.1) is 0 Å². The summed E-state index contributed by atoms with van der Waals surface area (Å²) in [5, 5.41) is 1.04. The van der Waals surface area contributed by atoms with Crippen molar-refractivity contribution in [1.82, 2.24) is 18.5 Å². The SMILES string of the molecule is COc1ccc2c(c1)C=C(C(=O)N1CCOCC1)Cn1c-2c(C2CCCCC2)c2ccc(C(=O)NS(=O)(=O)N3CCC3)cc21. The molecule has 0 atom stereocenters. The number of carbonyl (C=O) groups is 2. The first kappa shape index (κ1) is 29.1. The fraction of sp³-hybridized carbons (Fsp3) is 0.455. The van der Waals surface area contributed by atoms with Crippen LogP contribution < -0.4 is 9.46 Å². The Morgan fingerprint density at radius 3 is 2.43 bits per heavy atom. The minimum absolute atomic E-state index is 0.0366. The first-order valence-corrected chi connectivity index (χ1v) is 17.0. The molecule has 1 N–H and O–H groups in total. The number of ether oxygens (including phenoxy) is 2. The van der Waals surface area contributed by atoms with Crippen molar-refractivity contribution in [2.45, 2.75) is 51.0 Å². The number of nitrogens with zero attached hydrogens (tertiary/aromatic N) is 3. The molecule has 0 radical (unpaired) electrons. The number of amides is 2. The molecule has 4 heterocycles. The minimum atomic E-state index is -3.89. The van der Waals surface area contributed by atoms with Gasteiger partial charge in [0.25, 0.3) is 11.8 Å². The Hall–Kier alpha value is -3.67. The van der Waals surface area contributed by atoms with Crippen LogP contribution in [0.1, 0.15) is 65.9 Å². The molecule has 2 amide bonds. The summed E-state index contributed by atoms with van der Waals surface area (Å²) < 4.78 is 42.2. The Balaban J connectivity index is 1.40. The van der Waals surface area contributed by atoms with E-state index in [-0.39, 0.29) is 11.5 Å². The molecule has 232 valence electrons. The molecule has 10 nitrogen and oxygen atoms in total. The Morgan fingerprint density at radius 2 is 1.73 bits per heavy atom. The lowest BCUT2D eigenvalue weighted by atomic mass is 9.81. The number of carbonyl (C=O) groups excluding carboxylic acids is 2. The van der Waals surface area contributed by atoms with E-state index in [1.54, 1.807) is 19.2 Å². The van der Waals surface area contributed by atoms with Gasteiger partial charge in [0.2, 0.25) is 0 Å². The van der Waals surface area contributed by atoms with Gasteiger partial charge in [-0.25, -0.2) is 4.72 Å². The molecule has 2 saturated heterocycles. The summed E-state index contributed by atoms with van der Waals surface area (Å²) in [5.41, 5.74) is 5.94. The lowest BCUT2D eigenvalue weighted by Gasteiger charge is -2.29. The molecule has 0 unspecified atom stereocenters. The van der Waals surface area contributed by atoms with Crippen molar-refractivity contribution in [1.29, 1.82) is 0 Å². The lowest BCUT2D eigenvalue weighted by Crippen LogP contribution is -2.49. The predicted molar refractivity (Wildman–Crippen MR) is 168 cm³/mol. The van der Waals surface area contributed by atoms with Crippen molar-refractivity contribution in [2.24, 2.45) is 0 Å². The quantitative estimate of drug-likeness (QED) is 0.441. The second-order valence-electron chi connectivity index (χ2n) is 12.1. The maximum absolute atomic E-state index is 14.0. The van der Waals surface area contributed by atoms with Gasteiger partial charge in [-0.3, -0.25) is 9.59 Å². The Kier molecular flexibility index (Phi) is 7.72. The van der Waals surface area contributed by atoms with Crippen LogP contribution in [-0.2, 0) is 26.3 Å². The van der Waals surface area contributed by atoms with Crippen LogP contribution in [0.2, 0.25) is 0 Å². The molecular weight excluding hydrogens is 580 g/mol. The van der Waals surface area contributed by atoms with Crippen LogP contribution >= 0.6 is 0 Å². The molecule has 44 heavy (non-hydrogen) atoms. The van der Waals surface area contributed by atoms with E-state index in [0.29, 0.717) is 63.2 Å². The van der Waals surface area contributed by atoms with Gasteiger partial charge in [0.15, 0.2) is 0 Å². The normalized spacial score (nSPS) is 19.4. The van der Waals surface area contributed by atoms with Gasteiger partial charge in [0.1, 0.15) is 5.75 Å². The van der Waals surface area contributed by atoms with E-state index in [1.165, 1.54) is 16.3 Å². The van der Waals surface area contributed by atoms with Gasteiger partial charge in [-0.1, -0.05) is 25.3 Å². The molecule has 0 bridgehead atoms. The molecule has 1 saturated carbocycles. The predicted octanol–water partition coefficient (Wildman–Crippen LogP) is 4.30. The fourth-order valence-corrected chi connectivity index (χ4v) is 8.27. The van der Waals surface area contributed by atoms with E-state index in [1.807, 2.05) is 29.2 Å². The average molecular weight is 619 g/mol. The maximum Gasteiger partial charge on any atom is 0.304 e. The molecule has 1 aliphatic carbocycles. The highest BCUT2D eigenvalue weighted by Gasteiger charge is 2.33. The smallest absolute Gasteiger partial charge is 0.304 e. The zero-order valence-electron chi connectivity index (χ0n) is 25.0. The van der Waals surface area contributed by atoms with Crippen LogP contribution in [0.25, 0.3) is 28.2 Å². The molecular formula is C33H38N4O6S. The topological polar surface area (TPSA) is 110 Å². The standard InChI is InChI=1S/C33H38N4O6S/c1-42-26-9-11-27-24(19-26)18-25(33(39)35-14-16-43-17-15-35)21-37-29-20-23(32(38)34-44(40,41)36-12-5-13-36)8-10-28(29)30(31(27)37)22-6-3-2-4-7-22/h8-11,18-20,22H,2-7,12-17,21H2,1H3,(H,34,38). The van der Waals surface area contributed by atoms with E-state index in [9.17, 15) is 18.0 Å². The second kappa shape index (κ2) is 11.7. The first-order valence-electron chi connectivity index (χ1n) is 15.6. The van der Waals surface area contributed by atoms with E-state index < -0.39 is 16.1 Å². The van der Waals surface area contributed by atoms with E-state index in [4.69, 9.17) is 9.47 Å². The maximum atomic E-state index is 14.0. The number of fused-ring (bicyclic) bond motifs is 5. The molecule has 11 heteroatoms. The third-order valence-electron chi connectivity index (χ3n) is 9.50. The van der Waals surface area contributed by atoms with Crippen LogP contribution in [0.5, 0.6) is 5.75 Å². The number of hydrogen-bond acceptors (Lipinski definition) is 6. The summed E-state index contributed by atoms with van der Waals surface area (Å²) in [7, 11) is -2.25. The number of hydrogen-bond donors (Lipinski definition) is 1. The number of rotatable bonds is 6. The highest BCUT2D eigenvalue weighted by Crippen LogP contribution is 2.47. The van der Waals surface area contributed by atoms with Crippen LogP contribution in [0.4, 0.5) is 0 Å². The molecule has 3 fully saturated rings. The summed E-state index contributed by atoms with van der Waals surface area (Å²) in [6, 6.07) is 11.5. The largest absolute Gasteiger partial charge is 0.497 e. The zero-order chi connectivity index (χ0) is 30.4. The third kappa shape index (κ3) is 5.20. The molecule has 2 aromatic carbocycles. The van der Waals surface area contributed by atoms with Gasteiger partial charge in [-0.15, -0.1) is 0 Å². The van der Waals surface area contributed by atoms with Gasteiger partial charge >= 0.3 is 10.2 Å². The van der Waals surface area contributed by atoms with Gasteiger partial charge in [-0.05, 0) is 72.7 Å². The van der Waals surface area contributed by atoms with Crippen molar-refractivity contribution < 1.29 is 27.5 Å². The molecule has 3 aromatic rings. The van der Waals surface area contributed by atoms with E-state index >= 15 is 0 Å². The molecule has 3 aliphatic heterocycles. The Labute approximate surface area is 257 Å². The average Bonchev–Trinajstić information content (AvgIpc) is 3.22. The van der Waals surface area contributed by atoms with Crippen molar-refractivity contribution in [2.75, 3.05) is 46.5 Å². The van der Waals surface area contributed by atoms with E-state index in [0.717, 1.165) is 59.8 Å². The molecule has 0 spiro atoms. The van der Waals surface area contributed by atoms with Crippen LogP contribution in [0.15, 0.2) is 42.0 Å². The summed E-state index contributed by atoms with van der Waals surface area (Å²) in [5.74, 6) is 0.350. The van der Waals surface area contributed by atoms with Crippen LogP contribution in [-0.4, -0.2) is 80.5 Å². The minimum Gasteiger partial charge on any atom is -0.497 e. The van der Waals surface area contributed by atoms with Crippen molar-refractivity contribution in [3.8, 4) is 17.0 Å². The van der Waals surface area contributed by atoms with Gasteiger partial charge in [0.05, 0.1) is 32.6 Å². The number of benzene rings is 2. The third-order valence-corrected chi connectivity index (χ3v) is 11.0. The highest BCUT2D eigenvalue weighted by molar-refractivity contribution is 7.87. The summed E-state index contributed by atoms with van der Waals surface area (Å²) in [6.45, 7) is 3.22.